The van der Waals surface area contributed by atoms with Crippen molar-refractivity contribution in [2.75, 3.05) is 37.4 Å². The quantitative estimate of drug-likeness (QED) is 0.914. The van der Waals surface area contributed by atoms with Gasteiger partial charge in [0.05, 0.1) is 6.54 Å². The fraction of sp³-hybridized carbons (Fsp3) is 0.500. The molecule has 2 aromatic rings. The van der Waals surface area contributed by atoms with Crippen molar-refractivity contribution < 1.29 is 4.52 Å². The van der Waals surface area contributed by atoms with Crippen LogP contribution in [0.2, 0.25) is 0 Å². The van der Waals surface area contributed by atoms with Crippen LogP contribution in [-0.4, -0.2) is 48.3 Å². The Balaban J connectivity index is 1.56. The van der Waals surface area contributed by atoms with Crippen molar-refractivity contribution in [1.82, 2.24) is 15.0 Å². The maximum absolute atomic E-state index is 5.32. The Labute approximate surface area is 131 Å². The predicted octanol–water partition coefficient (Wildman–Crippen LogP) is 2.21. The van der Waals surface area contributed by atoms with Crippen LogP contribution in [0, 0.1) is 0 Å². The van der Waals surface area contributed by atoms with Gasteiger partial charge in [0.15, 0.2) is 0 Å². The first-order chi connectivity index (χ1) is 10.7. The Bertz CT molecular complexity index is 583. The number of nitrogens with zero attached hydrogens (tertiary/aromatic N) is 4. The molecule has 22 heavy (non-hydrogen) atoms. The van der Waals surface area contributed by atoms with Crippen LogP contribution < -0.4 is 10.2 Å². The third-order valence-electron chi connectivity index (χ3n) is 3.87. The molecule has 0 spiro atoms. The van der Waals surface area contributed by atoms with Crippen LogP contribution in [0.25, 0.3) is 0 Å². The minimum atomic E-state index is 0.465. The molecule has 1 aromatic carbocycles. The SMILES string of the molecule is CN(C)c1noc(CN2CCC[C@@H](Nc3ccccc3)C2)n1. The summed E-state index contributed by atoms with van der Waals surface area (Å²) in [5.41, 5.74) is 1.18. The maximum atomic E-state index is 5.32. The highest BCUT2D eigenvalue weighted by Gasteiger charge is 2.21. The van der Waals surface area contributed by atoms with Gasteiger partial charge in [-0.3, -0.25) is 4.90 Å². The summed E-state index contributed by atoms with van der Waals surface area (Å²) in [6.45, 7) is 2.79. The molecule has 6 nitrogen and oxygen atoms in total. The second kappa shape index (κ2) is 6.79. The normalized spacial score (nSPS) is 19.1. The zero-order chi connectivity index (χ0) is 15.4. The van der Waals surface area contributed by atoms with Crippen molar-refractivity contribution >= 4 is 11.6 Å². The Morgan fingerprint density at radius 2 is 2.14 bits per heavy atom. The average Bonchev–Trinajstić information content (AvgIpc) is 2.97. The molecule has 3 rings (SSSR count). The van der Waals surface area contributed by atoms with Crippen molar-refractivity contribution in [3.05, 3.63) is 36.2 Å². The highest BCUT2D eigenvalue weighted by atomic mass is 16.5. The Hall–Kier alpha value is -2.08. The van der Waals surface area contributed by atoms with E-state index in [1.165, 1.54) is 18.5 Å². The number of hydrogen-bond acceptors (Lipinski definition) is 6. The predicted molar refractivity (Wildman–Crippen MR) is 87.0 cm³/mol. The largest absolute Gasteiger partial charge is 0.381 e. The minimum absolute atomic E-state index is 0.465. The smallest absolute Gasteiger partial charge is 0.265 e. The Morgan fingerprint density at radius 3 is 2.86 bits per heavy atom. The van der Waals surface area contributed by atoms with Crippen LogP contribution >= 0.6 is 0 Å². The first-order valence-corrected chi connectivity index (χ1v) is 7.74. The molecule has 0 unspecified atom stereocenters. The van der Waals surface area contributed by atoms with Gasteiger partial charge in [0, 0.05) is 32.4 Å². The number of aromatic nitrogens is 2. The third kappa shape index (κ3) is 3.76. The number of piperidine rings is 1. The average molecular weight is 301 g/mol. The molecule has 1 N–H and O–H groups in total. The number of nitrogens with one attached hydrogen (secondary N) is 1. The van der Waals surface area contributed by atoms with Crippen LogP contribution in [0.3, 0.4) is 0 Å². The van der Waals surface area contributed by atoms with Gasteiger partial charge in [-0.1, -0.05) is 18.2 Å². The first kappa shape index (κ1) is 14.8. The van der Waals surface area contributed by atoms with Gasteiger partial charge in [-0.05, 0) is 36.7 Å². The molecule has 1 aromatic heterocycles. The third-order valence-corrected chi connectivity index (χ3v) is 3.87. The zero-order valence-electron chi connectivity index (χ0n) is 13.2. The van der Waals surface area contributed by atoms with Gasteiger partial charge in [0.25, 0.3) is 5.95 Å². The zero-order valence-corrected chi connectivity index (χ0v) is 13.2. The number of anilines is 2. The Kier molecular flexibility index (Phi) is 4.58. The summed E-state index contributed by atoms with van der Waals surface area (Å²) in [7, 11) is 3.82. The molecule has 1 atom stereocenters. The molecule has 0 radical (unpaired) electrons. The summed E-state index contributed by atoms with van der Waals surface area (Å²) in [6.07, 6.45) is 2.37. The van der Waals surface area contributed by atoms with E-state index in [2.05, 4.69) is 44.6 Å². The van der Waals surface area contributed by atoms with Gasteiger partial charge in [-0.2, -0.15) is 4.98 Å². The lowest BCUT2D eigenvalue weighted by molar-refractivity contribution is 0.184. The number of hydrogen-bond donors (Lipinski definition) is 1. The summed E-state index contributed by atoms with van der Waals surface area (Å²) in [4.78, 5) is 8.62. The molecule has 1 aliphatic heterocycles. The molecule has 0 bridgehead atoms. The summed E-state index contributed by atoms with van der Waals surface area (Å²) in [5, 5.41) is 7.57. The lowest BCUT2D eigenvalue weighted by Crippen LogP contribution is -2.41. The molecule has 1 fully saturated rings. The van der Waals surface area contributed by atoms with Gasteiger partial charge >= 0.3 is 0 Å². The van der Waals surface area contributed by atoms with Crippen LogP contribution in [-0.2, 0) is 6.54 Å². The van der Waals surface area contributed by atoms with E-state index in [0.717, 1.165) is 13.1 Å². The molecule has 1 saturated heterocycles. The monoisotopic (exact) mass is 301 g/mol. The second-order valence-corrected chi connectivity index (χ2v) is 5.97. The van der Waals surface area contributed by atoms with E-state index < -0.39 is 0 Å². The second-order valence-electron chi connectivity index (χ2n) is 5.97. The number of rotatable bonds is 5. The maximum Gasteiger partial charge on any atom is 0.265 e. The van der Waals surface area contributed by atoms with Gasteiger partial charge in [0.2, 0.25) is 5.89 Å². The molecular weight excluding hydrogens is 278 g/mol. The van der Waals surface area contributed by atoms with E-state index in [1.54, 1.807) is 0 Å². The number of benzene rings is 1. The molecular formula is C16H23N5O. The summed E-state index contributed by atoms with van der Waals surface area (Å²) in [6, 6.07) is 10.8. The van der Waals surface area contributed by atoms with Gasteiger partial charge in [-0.25, -0.2) is 0 Å². The molecule has 6 heteroatoms. The van der Waals surface area contributed by atoms with Crippen molar-refractivity contribution in [1.29, 1.82) is 0 Å². The molecule has 118 valence electrons. The number of para-hydroxylation sites is 1. The fourth-order valence-electron chi connectivity index (χ4n) is 2.77. The van der Waals surface area contributed by atoms with E-state index in [9.17, 15) is 0 Å². The highest BCUT2D eigenvalue weighted by molar-refractivity contribution is 5.43. The lowest BCUT2D eigenvalue weighted by Gasteiger charge is -2.32. The van der Waals surface area contributed by atoms with E-state index in [1.807, 2.05) is 25.1 Å². The van der Waals surface area contributed by atoms with Crippen LogP contribution in [0.1, 0.15) is 18.7 Å². The fourth-order valence-corrected chi connectivity index (χ4v) is 2.77. The molecule has 0 saturated carbocycles. The van der Waals surface area contributed by atoms with Crippen LogP contribution in [0.4, 0.5) is 11.6 Å². The van der Waals surface area contributed by atoms with Crippen molar-refractivity contribution in [3.8, 4) is 0 Å². The minimum Gasteiger partial charge on any atom is -0.381 e. The van der Waals surface area contributed by atoms with Gasteiger partial charge < -0.3 is 14.7 Å². The highest BCUT2D eigenvalue weighted by Crippen LogP contribution is 2.18. The van der Waals surface area contributed by atoms with E-state index in [4.69, 9.17) is 4.52 Å². The summed E-state index contributed by atoms with van der Waals surface area (Å²) in [5.74, 6) is 1.31. The summed E-state index contributed by atoms with van der Waals surface area (Å²) >= 11 is 0. The van der Waals surface area contributed by atoms with Crippen molar-refractivity contribution in [3.63, 3.8) is 0 Å². The summed E-state index contributed by atoms with van der Waals surface area (Å²) < 4.78 is 5.32. The molecule has 0 amide bonds. The van der Waals surface area contributed by atoms with E-state index >= 15 is 0 Å². The molecule has 1 aliphatic rings. The van der Waals surface area contributed by atoms with E-state index in [-0.39, 0.29) is 0 Å². The first-order valence-electron chi connectivity index (χ1n) is 7.74. The van der Waals surface area contributed by atoms with Gasteiger partial charge in [0.1, 0.15) is 0 Å². The topological polar surface area (TPSA) is 57.4 Å². The van der Waals surface area contributed by atoms with Gasteiger partial charge in [-0.15, -0.1) is 0 Å². The van der Waals surface area contributed by atoms with E-state index in [0.29, 0.717) is 24.4 Å². The van der Waals surface area contributed by atoms with Crippen molar-refractivity contribution in [2.24, 2.45) is 0 Å². The van der Waals surface area contributed by atoms with Crippen molar-refractivity contribution in [2.45, 2.75) is 25.4 Å². The van der Waals surface area contributed by atoms with Crippen LogP contribution in [0.5, 0.6) is 0 Å². The Morgan fingerprint density at radius 1 is 1.32 bits per heavy atom. The molecule has 0 aliphatic carbocycles. The van der Waals surface area contributed by atoms with Crippen LogP contribution in [0.15, 0.2) is 34.9 Å². The standard InChI is InChI=1S/C16H23N5O/c1-20(2)16-18-15(22-19-16)12-21-10-6-9-14(11-21)17-13-7-4-3-5-8-13/h3-5,7-8,14,17H,6,9-12H2,1-2H3/t14-/m1/s1. The number of likely N-dealkylation sites (tertiary alicyclic amines) is 1. The molecule has 2 heterocycles. The lowest BCUT2D eigenvalue weighted by atomic mass is 10.1.